The van der Waals surface area contributed by atoms with Gasteiger partial charge in [-0.2, -0.15) is 5.26 Å². The highest BCUT2D eigenvalue weighted by Gasteiger charge is 2.35. The van der Waals surface area contributed by atoms with Crippen LogP contribution in [0.5, 0.6) is 0 Å². The zero-order valence-corrected chi connectivity index (χ0v) is 11.7. The lowest BCUT2D eigenvalue weighted by molar-refractivity contribution is 0.201. The van der Waals surface area contributed by atoms with Gasteiger partial charge in [0.15, 0.2) is 0 Å². The van der Waals surface area contributed by atoms with Gasteiger partial charge in [-0.3, -0.25) is 0 Å². The fourth-order valence-corrected chi connectivity index (χ4v) is 3.54. The summed E-state index contributed by atoms with van der Waals surface area (Å²) in [5.74, 6) is 1.10. The van der Waals surface area contributed by atoms with E-state index in [0.717, 1.165) is 31.6 Å². The van der Waals surface area contributed by atoms with Gasteiger partial charge in [-0.05, 0) is 38.0 Å². The lowest BCUT2D eigenvalue weighted by Crippen LogP contribution is -2.28. The normalized spacial score (nSPS) is 29.8. The maximum absolute atomic E-state index is 11.5. The highest BCUT2D eigenvalue weighted by molar-refractivity contribution is 7.91. The molecule has 1 fully saturated rings. The third-order valence-corrected chi connectivity index (χ3v) is 5.91. The Morgan fingerprint density at radius 1 is 1.29 bits per heavy atom. The average molecular weight is 257 g/mol. The number of rotatable bonds is 5. The fourth-order valence-electron chi connectivity index (χ4n) is 2.55. The van der Waals surface area contributed by atoms with Crippen molar-refractivity contribution in [2.75, 3.05) is 11.5 Å². The molecule has 0 atom stereocenters. The minimum Gasteiger partial charge on any atom is -0.229 e. The van der Waals surface area contributed by atoms with E-state index in [1.807, 2.05) is 0 Å². The second kappa shape index (κ2) is 5.86. The number of hydrogen-bond acceptors (Lipinski definition) is 3. The van der Waals surface area contributed by atoms with E-state index in [1.54, 1.807) is 6.92 Å². The first-order valence-corrected chi connectivity index (χ1v) is 8.41. The van der Waals surface area contributed by atoms with Crippen LogP contribution in [-0.4, -0.2) is 19.9 Å². The minimum atomic E-state index is -2.94. The molecule has 0 N–H and O–H groups in total. The number of hydrogen-bond donors (Lipinski definition) is 0. The van der Waals surface area contributed by atoms with Gasteiger partial charge in [-0.1, -0.05) is 20.3 Å². The van der Waals surface area contributed by atoms with Crippen molar-refractivity contribution in [3.63, 3.8) is 0 Å². The second-order valence-corrected chi connectivity index (χ2v) is 7.70. The summed E-state index contributed by atoms with van der Waals surface area (Å²) in [5, 5.41) is 9.33. The van der Waals surface area contributed by atoms with Crippen LogP contribution in [0.3, 0.4) is 0 Å². The van der Waals surface area contributed by atoms with Crippen molar-refractivity contribution < 1.29 is 8.42 Å². The van der Waals surface area contributed by atoms with E-state index in [-0.39, 0.29) is 16.9 Å². The maximum atomic E-state index is 11.5. The molecule has 1 aliphatic carbocycles. The molecule has 0 aromatic heterocycles. The van der Waals surface area contributed by atoms with Gasteiger partial charge < -0.3 is 0 Å². The van der Waals surface area contributed by atoms with E-state index in [9.17, 15) is 13.7 Å². The zero-order valence-electron chi connectivity index (χ0n) is 10.9. The molecule has 0 amide bonds. The Morgan fingerprint density at radius 2 is 1.88 bits per heavy atom. The van der Waals surface area contributed by atoms with E-state index in [2.05, 4.69) is 13.0 Å². The van der Waals surface area contributed by atoms with Crippen LogP contribution < -0.4 is 0 Å². The van der Waals surface area contributed by atoms with Crippen molar-refractivity contribution in [2.24, 2.45) is 11.3 Å². The molecule has 0 aromatic rings. The topological polar surface area (TPSA) is 57.9 Å². The van der Waals surface area contributed by atoms with Crippen LogP contribution in [0.1, 0.15) is 52.4 Å². The summed E-state index contributed by atoms with van der Waals surface area (Å²) in [7, 11) is -2.94. The Balaban J connectivity index is 2.58. The Morgan fingerprint density at radius 3 is 2.29 bits per heavy atom. The van der Waals surface area contributed by atoms with Gasteiger partial charge >= 0.3 is 0 Å². The molecule has 0 aliphatic heterocycles. The molecule has 0 saturated heterocycles. The van der Waals surface area contributed by atoms with Crippen LogP contribution in [0.15, 0.2) is 0 Å². The summed E-state index contributed by atoms with van der Waals surface area (Å²) in [6.45, 7) is 3.86. The number of nitrogens with zero attached hydrogens (tertiary/aromatic N) is 1. The Labute approximate surface area is 105 Å². The monoisotopic (exact) mass is 257 g/mol. The fraction of sp³-hybridized carbons (Fsp3) is 0.923. The van der Waals surface area contributed by atoms with Gasteiger partial charge in [-0.25, -0.2) is 8.42 Å². The highest BCUT2D eigenvalue weighted by atomic mass is 32.2. The predicted octanol–water partition coefficient (Wildman–Crippen LogP) is 2.92. The van der Waals surface area contributed by atoms with Gasteiger partial charge in [0.05, 0.1) is 17.2 Å². The first kappa shape index (κ1) is 14.5. The molecule has 1 aliphatic rings. The molecule has 0 bridgehead atoms. The van der Waals surface area contributed by atoms with Crippen molar-refractivity contribution in [2.45, 2.75) is 52.4 Å². The zero-order chi connectivity index (χ0) is 12.9. The number of sulfone groups is 1. The molecule has 17 heavy (non-hydrogen) atoms. The maximum Gasteiger partial charge on any atom is 0.150 e. The van der Waals surface area contributed by atoms with E-state index in [4.69, 9.17) is 0 Å². The number of nitriles is 1. The van der Waals surface area contributed by atoms with Gasteiger partial charge in [0.25, 0.3) is 0 Å². The predicted molar refractivity (Wildman–Crippen MR) is 69.2 cm³/mol. The standard InChI is InChI=1S/C13H23NO2S/c1-3-12-5-7-13(11-14,8-6-12)9-10-17(15,16)4-2/h12H,3-10H2,1-2H3. The molecule has 3 nitrogen and oxygen atoms in total. The quantitative estimate of drug-likeness (QED) is 0.761. The van der Waals surface area contributed by atoms with Crippen LogP contribution in [0.2, 0.25) is 0 Å². The molecule has 1 saturated carbocycles. The van der Waals surface area contributed by atoms with Crippen LogP contribution in [-0.2, 0) is 9.84 Å². The van der Waals surface area contributed by atoms with Crippen LogP contribution >= 0.6 is 0 Å². The minimum absolute atomic E-state index is 0.174. The average Bonchev–Trinajstić information content (AvgIpc) is 2.37. The first-order chi connectivity index (χ1) is 7.97. The smallest absolute Gasteiger partial charge is 0.150 e. The molecular formula is C13H23NO2S. The van der Waals surface area contributed by atoms with E-state index in [1.165, 1.54) is 6.42 Å². The summed E-state index contributed by atoms with van der Waals surface area (Å²) in [6.07, 6.45) is 5.61. The summed E-state index contributed by atoms with van der Waals surface area (Å²) < 4.78 is 23.0. The molecule has 98 valence electrons. The van der Waals surface area contributed by atoms with Crippen LogP contribution in [0.25, 0.3) is 0 Å². The molecule has 0 radical (unpaired) electrons. The molecular weight excluding hydrogens is 234 g/mol. The van der Waals surface area contributed by atoms with Gasteiger partial charge in [-0.15, -0.1) is 0 Å². The van der Waals surface area contributed by atoms with E-state index < -0.39 is 9.84 Å². The van der Waals surface area contributed by atoms with Gasteiger partial charge in [0, 0.05) is 5.75 Å². The van der Waals surface area contributed by atoms with Crippen molar-refractivity contribution >= 4 is 9.84 Å². The lowest BCUT2D eigenvalue weighted by atomic mass is 9.69. The largest absolute Gasteiger partial charge is 0.229 e. The highest BCUT2D eigenvalue weighted by Crippen LogP contribution is 2.42. The SMILES string of the molecule is CCC1CCC(C#N)(CCS(=O)(=O)CC)CC1. The summed E-state index contributed by atoms with van der Waals surface area (Å²) in [4.78, 5) is 0. The summed E-state index contributed by atoms with van der Waals surface area (Å²) in [6, 6.07) is 2.39. The Hall–Kier alpha value is -0.560. The van der Waals surface area contributed by atoms with E-state index >= 15 is 0 Å². The summed E-state index contributed by atoms with van der Waals surface area (Å²) >= 11 is 0. The Bertz CT molecular complexity index is 373. The molecule has 0 aromatic carbocycles. The van der Waals surface area contributed by atoms with Crippen LogP contribution in [0.4, 0.5) is 0 Å². The summed E-state index contributed by atoms with van der Waals surface area (Å²) in [5.41, 5.74) is -0.367. The van der Waals surface area contributed by atoms with Gasteiger partial charge in [0.2, 0.25) is 0 Å². The van der Waals surface area contributed by atoms with Crippen molar-refractivity contribution in [1.82, 2.24) is 0 Å². The second-order valence-electron chi connectivity index (χ2n) is 5.23. The molecule has 0 heterocycles. The first-order valence-electron chi connectivity index (χ1n) is 6.58. The van der Waals surface area contributed by atoms with Crippen LogP contribution in [0, 0.1) is 22.7 Å². The molecule has 0 unspecified atom stereocenters. The van der Waals surface area contributed by atoms with Crippen molar-refractivity contribution in [3.8, 4) is 6.07 Å². The van der Waals surface area contributed by atoms with Crippen molar-refractivity contribution in [3.05, 3.63) is 0 Å². The third-order valence-electron chi connectivity index (χ3n) is 4.21. The Kier molecular flexibility index (Phi) is 5.00. The van der Waals surface area contributed by atoms with E-state index in [0.29, 0.717) is 6.42 Å². The molecule has 0 spiro atoms. The van der Waals surface area contributed by atoms with Crippen molar-refractivity contribution in [1.29, 1.82) is 5.26 Å². The molecule has 1 rings (SSSR count). The molecule has 4 heteroatoms. The van der Waals surface area contributed by atoms with Gasteiger partial charge in [0.1, 0.15) is 9.84 Å². The third kappa shape index (κ3) is 3.99. The lowest BCUT2D eigenvalue weighted by Gasteiger charge is -2.34.